The molecule has 2 unspecified atom stereocenters. The van der Waals surface area contributed by atoms with Gasteiger partial charge in [-0.3, -0.25) is 0 Å². The molecule has 0 bridgehead atoms. The maximum Gasteiger partial charge on any atom is 0.123 e. The second kappa shape index (κ2) is 5.66. The Hall–Kier alpha value is -0.580. The monoisotopic (exact) mass is 241 g/mol. The van der Waals surface area contributed by atoms with Crippen LogP contribution in [0.25, 0.3) is 0 Å². The van der Waals surface area contributed by atoms with Gasteiger partial charge >= 0.3 is 0 Å². The third-order valence-electron chi connectivity index (χ3n) is 2.78. The topological polar surface area (TPSA) is 21.3 Å². The maximum atomic E-state index is 12.8. The van der Waals surface area contributed by atoms with Crippen molar-refractivity contribution in [3.63, 3.8) is 0 Å². The van der Waals surface area contributed by atoms with Gasteiger partial charge in [-0.2, -0.15) is 0 Å². The van der Waals surface area contributed by atoms with E-state index >= 15 is 0 Å². The lowest BCUT2D eigenvalue weighted by molar-refractivity contribution is 0.0851. The van der Waals surface area contributed by atoms with Gasteiger partial charge in [0.1, 0.15) is 5.82 Å². The minimum Gasteiger partial charge on any atom is -0.380 e. The highest BCUT2D eigenvalue weighted by Gasteiger charge is 2.25. The molecule has 16 heavy (non-hydrogen) atoms. The molecule has 2 atom stereocenters. The van der Waals surface area contributed by atoms with Crippen LogP contribution in [0.3, 0.4) is 0 Å². The number of hydrogen-bond donors (Lipinski definition) is 1. The van der Waals surface area contributed by atoms with E-state index in [4.69, 9.17) is 4.74 Å². The summed E-state index contributed by atoms with van der Waals surface area (Å²) in [5.74, 6) is -0.186. The highest BCUT2D eigenvalue weighted by Crippen LogP contribution is 2.28. The molecular weight excluding hydrogens is 225 g/mol. The predicted octanol–water partition coefficient (Wildman–Crippen LogP) is 2.29. The summed E-state index contributed by atoms with van der Waals surface area (Å²) in [6.07, 6.45) is 1.04. The average molecular weight is 241 g/mol. The van der Waals surface area contributed by atoms with Crippen LogP contribution in [0.2, 0.25) is 0 Å². The van der Waals surface area contributed by atoms with Gasteiger partial charge in [0.2, 0.25) is 0 Å². The first-order valence-electron chi connectivity index (χ1n) is 5.47. The van der Waals surface area contributed by atoms with Crippen LogP contribution in [-0.2, 0) is 4.74 Å². The van der Waals surface area contributed by atoms with Crippen LogP contribution in [0.4, 0.5) is 4.39 Å². The largest absolute Gasteiger partial charge is 0.380 e. The fraction of sp³-hybridized carbons (Fsp3) is 0.500. The van der Waals surface area contributed by atoms with E-state index < -0.39 is 0 Å². The van der Waals surface area contributed by atoms with Crippen molar-refractivity contribution in [3.8, 4) is 0 Å². The second-order valence-electron chi connectivity index (χ2n) is 3.87. The summed E-state index contributed by atoms with van der Waals surface area (Å²) in [4.78, 5) is 1.09. The Labute approximate surface area is 99.6 Å². The van der Waals surface area contributed by atoms with Crippen molar-refractivity contribution < 1.29 is 9.13 Å². The maximum absolute atomic E-state index is 12.8. The van der Waals surface area contributed by atoms with E-state index in [1.807, 2.05) is 19.2 Å². The summed E-state index contributed by atoms with van der Waals surface area (Å²) in [5.41, 5.74) is 0. The van der Waals surface area contributed by atoms with Crippen molar-refractivity contribution in [2.75, 3.05) is 20.3 Å². The smallest absolute Gasteiger partial charge is 0.123 e. The third kappa shape index (κ3) is 2.97. The molecule has 0 aliphatic carbocycles. The van der Waals surface area contributed by atoms with Gasteiger partial charge in [-0.15, -0.1) is 11.8 Å². The molecular formula is C12H16FNOS. The number of benzene rings is 1. The molecule has 2 rings (SSSR count). The fourth-order valence-electron chi connectivity index (χ4n) is 1.85. The van der Waals surface area contributed by atoms with E-state index in [-0.39, 0.29) is 5.82 Å². The number of rotatable bonds is 3. The number of hydrogen-bond acceptors (Lipinski definition) is 3. The minimum absolute atomic E-state index is 0.186. The molecule has 0 saturated carbocycles. The van der Waals surface area contributed by atoms with Crippen molar-refractivity contribution in [1.82, 2.24) is 5.32 Å². The van der Waals surface area contributed by atoms with Gasteiger partial charge in [0.15, 0.2) is 0 Å². The van der Waals surface area contributed by atoms with Crippen molar-refractivity contribution in [1.29, 1.82) is 0 Å². The molecule has 4 heteroatoms. The van der Waals surface area contributed by atoms with Gasteiger partial charge in [-0.25, -0.2) is 4.39 Å². The van der Waals surface area contributed by atoms with Gasteiger partial charge in [-0.1, -0.05) is 0 Å². The van der Waals surface area contributed by atoms with Crippen LogP contribution in [-0.4, -0.2) is 31.6 Å². The Balaban J connectivity index is 1.99. The molecule has 0 amide bonds. The summed E-state index contributed by atoms with van der Waals surface area (Å²) in [7, 11) is 1.98. The first kappa shape index (κ1) is 11.9. The first-order valence-corrected chi connectivity index (χ1v) is 6.35. The van der Waals surface area contributed by atoms with Crippen LogP contribution >= 0.6 is 11.8 Å². The van der Waals surface area contributed by atoms with Gasteiger partial charge in [0, 0.05) is 22.8 Å². The molecule has 0 radical (unpaired) electrons. The molecule has 0 aromatic heterocycles. The van der Waals surface area contributed by atoms with Crippen molar-refractivity contribution in [3.05, 3.63) is 30.1 Å². The molecule has 2 nitrogen and oxygen atoms in total. The third-order valence-corrected chi connectivity index (χ3v) is 4.09. The van der Waals surface area contributed by atoms with Crippen molar-refractivity contribution in [2.45, 2.75) is 22.6 Å². The predicted molar refractivity (Wildman–Crippen MR) is 64.3 cm³/mol. The number of ether oxygens (including phenoxy) is 1. The number of halogens is 1. The van der Waals surface area contributed by atoms with Gasteiger partial charge in [0.25, 0.3) is 0 Å². The molecule has 1 aliphatic heterocycles. The molecule has 1 aliphatic rings. The van der Waals surface area contributed by atoms with E-state index in [0.717, 1.165) is 24.5 Å². The lowest BCUT2D eigenvalue weighted by Crippen LogP contribution is -2.43. The SMILES string of the molecule is CNC1CCOCC1Sc1ccc(F)cc1. The summed E-state index contributed by atoms with van der Waals surface area (Å²) >= 11 is 1.75. The van der Waals surface area contributed by atoms with E-state index in [1.54, 1.807) is 11.8 Å². The Morgan fingerprint density at radius 2 is 2.12 bits per heavy atom. The molecule has 1 heterocycles. The molecule has 0 spiro atoms. The molecule has 1 fully saturated rings. The summed E-state index contributed by atoms with van der Waals surface area (Å²) in [5, 5.41) is 3.72. The second-order valence-corrected chi connectivity index (χ2v) is 5.18. The van der Waals surface area contributed by atoms with Crippen LogP contribution in [0, 0.1) is 5.82 Å². The zero-order chi connectivity index (χ0) is 11.4. The lowest BCUT2D eigenvalue weighted by Gasteiger charge is -2.30. The molecule has 1 aromatic rings. The van der Waals surface area contributed by atoms with Crippen LogP contribution in [0.15, 0.2) is 29.2 Å². The zero-order valence-corrected chi connectivity index (χ0v) is 10.1. The normalized spacial score (nSPS) is 25.6. The van der Waals surface area contributed by atoms with E-state index in [0.29, 0.717) is 11.3 Å². The Kier molecular flexibility index (Phi) is 4.21. The minimum atomic E-state index is -0.186. The fourth-order valence-corrected chi connectivity index (χ4v) is 3.09. The Bertz CT molecular complexity index is 330. The Morgan fingerprint density at radius 1 is 1.38 bits per heavy atom. The van der Waals surface area contributed by atoms with E-state index in [9.17, 15) is 4.39 Å². The van der Waals surface area contributed by atoms with Gasteiger partial charge in [0.05, 0.1) is 6.61 Å². The van der Waals surface area contributed by atoms with Crippen molar-refractivity contribution >= 4 is 11.8 Å². The molecule has 1 N–H and O–H groups in total. The summed E-state index contributed by atoms with van der Waals surface area (Å²) in [6, 6.07) is 7.12. The number of nitrogens with one attached hydrogen (secondary N) is 1. The van der Waals surface area contributed by atoms with E-state index in [1.165, 1.54) is 12.1 Å². The first-order chi connectivity index (χ1) is 7.79. The summed E-state index contributed by atoms with van der Waals surface area (Å²) in [6.45, 7) is 1.58. The van der Waals surface area contributed by atoms with E-state index in [2.05, 4.69) is 5.32 Å². The van der Waals surface area contributed by atoms with Crippen LogP contribution in [0.1, 0.15) is 6.42 Å². The zero-order valence-electron chi connectivity index (χ0n) is 9.28. The average Bonchev–Trinajstić information content (AvgIpc) is 2.33. The molecule has 88 valence electrons. The lowest BCUT2D eigenvalue weighted by atomic mass is 10.1. The quantitative estimate of drug-likeness (QED) is 0.877. The highest BCUT2D eigenvalue weighted by molar-refractivity contribution is 8.00. The number of thioether (sulfide) groups is 1. The van der Waals surface area contributed by atoms with Crippen molar-refractivity contribution in [2.24, 2.45) is 0 Å². The van der Waals surface area contributed by atoms with Gasteiger partial charge in [-0.05, 0) is 37.7 Å². The standard InChI is InChI=1S/C12H16FNOS/c1-14-11-6-7-15-8-12(11)16-10-4-2-9(13)3-5-10/h2-5,11-12,14H,6-8H2,1H3. The van der Waals surface area contributed by atoms with Crippen LogP contribution in [0.5, 0.6) is 0 Å². The van der Waals surface area contributed by atoms with Gasteiger partial charge < -0.3 is 10.1 Å². The molecule has 1 saturated heterocycles. The van der Waals surface area contributed by atoms with Crippen LogP contribution < -0.4 is 5.32 Å². The molecule has 1 aromatic carbocycles. The Morgan fingerprint density at radius 3 is 2.81 bits per heavy atom. The highest BCUT2D eigenvalue weighted by atomic mass is 32.2. The summed E-state index contributed by atoms with van der Waals surface area (Å²) < 4.78 is 18.2.